The fourth-order valence-corrected chi connectivity index (χ4v) is 1.12. The summed E-state index contributed by atoms with van der Waals surface area (Å²) in [4.78, 5) is 4.19. The molecule has 0 aliphatic heterocycles. The lowest BCUT2D eigenvalue weighted by Gasteiger charge is -2.09. The third kappa shape index (κ3) is 2.98. The second-order valence-corrected chi connectivity index (χ2v) is 2.84. The molecule has 1 aromatic rings. The van der Waals surface area contributed by atoms with Crippen molar-refractivity contribution in [3.8, 4) is 0 Å². The molecular formula is C9H15N3. The van der Waals surface area contributed by atoms with Crippen LogP contribution in [0.1, 0.15) is 5.69 Å². The summed E-state index contributed by atoms with van der Waals surface area (Å²) >= 11 is 0. The van der Waals surface area contributed by atoms with Gasteiger partial charge in [0.05, 0.1) is 0 Å². The van der Waals surface area contributed by atoms with Crippen LogP contribution in [0.2, 0.25) is 0 Å². The average Bonchev–Trinajstić information content (AvgIpc) is 2.06. The second kappa shape index (κ2) is 4.85. The lowest BCUT2D eigenvalue weighted by Crippen LogP contribution is -2.33. The van der Waals surface area contributed by atoms with E-state index >= 15 is 0 Å². The van der Waals surface area contributed by atoms with Crippen LogP contribution in [0.5, 0.6) is 0 Å². The van der Waals surface area contributed by atoms with Gasteiger partial charge in [0.2, 0.25) is 0 Å². The molecular weight excluding hydrogens is 150 g/mol. The van der Waals surface area contributed by atoms with E-state index in [2.05, 4.69) is 10.3 Å². The van der Waals surface area contributed by atoms with Gasteiger partial charge >= 0.3 is 0 Å². The van der Waals surface area contributed by atoms with E-state index in [1.165, 1.54) is 0 Å². The molecule has 3 heteroatoms. The lowest BCUT2D eigenvalue weighted by atomic mass is 10.1. The minimum atomic E-state index is 0.157. The van der Waals surface area contributed by atoms with Crippen molar-refractivity contribution < 1.29 is 0 Å². The molecule has 3 N–H and O–H groups in total. The summed E-state index contributed by atoms with van der Waals surface area (Å²) in [5.74, 6) is 0. The topological polar surface area (TPSA) is 50.9 Å². The van der Waals surface area contributed by atoms with Crippen LogP contribution >= 0.6 is 0 Å². The Hall–Kier alpha value is -0.930. The van der Waals surface area contributed by atoms with Gasteiger partial charge < -0.3 is 11.1 Å². The van der Waals surface area contributed by atoms with E-state index in [0.717, 1.165) is 18.7 Å². The highest BCUT2D eigenvalue weighted by Gasteiger charge is 2.02. The number of hydrogen-bond acceptors (Lipinski definition) is 3. The first-order valence-corrected chi connectivity index (χ1v) is 4.13. The van der Waals surface area contributed by atoms with Gasteiger partial charge in [0.1, 0.15) is 0 Å². The third-order valence-corrected chi connectivity index (χ3v) is 1.66. The maximum atomic E-state index is 5.81. The highest BCUT2D eigenvalue weighted by Crippen LogP contribution is 1.96. The van der Waals surface area contributed by atoms with Crippen molar-refractivity contribution in [3.05, 3.63) is 30.1 Å². The first-order valence-electron chi connectivity index (χ1n) is 4.13. The van der Waals surface area contributed by atoms with Gasteiger partial charge in [0.15, 0.2) is 0 Å². The van der Waals surface area contributed by atoms with Gasteiger partial charge in [-0.2, -0.15) is 0 Å². The first-order chi connectivity index (χ1) is 5.83. The van der Waals surface area contributed by atoms with Crippen LogP contribution in [0, 0.1) is 0 Å². The average molecular weight is 165 g/mol. The van der Waals surface area contributed by atoms with Gasteiger partial charge in [-0.3, -0.25) is 4.98 Å². The van der Waals surface area contributed by atoms with Crippen molar-refractivity contribution in [3.63, 3.8) is 0 Å². The number of rotatable bonds is 4. The number of nitrogens with zero attached hydrogens (tertiary/aromatic N) is 1. The Bertz CT molecular complexity index is 210. The SMILES string of the molecule is CNCC(N)Cc1ccccn1. The third-order valence-electron chi connectivity index (χ3n) is 1.66. The summed E-state index contributed by atoms with van der Waals surface area (Å²) in [7, 11) is 1.90. The molecule has 1 rings (SSSR count). The Morgan fingerprint density at radius 1 is 1.58 bits per heavy atom. The minimum absolute atomic E-state index is 0.157. The molecule has 12 heavy (non-hydrogen) atoms. The van der Waals surface area contributed by atoms with E-state index in [4.69, 9.17) is 5.73 Å². The van der Waals surface area contributed by atoms with Crippen molar-refractivity contribution in [1.29, 1.82) is 0 Å². The van der Waals surface area contributed by atoms with Gasteiger partial charge in [-0.25, -0.2) is 0 Å². The molecule has 0 bridgehead atoms. The zero-order chi connectivity index (χ0) is 8.81. The van der Waals surface area contributed by atoms with Crippen LogP contribution in [0.25, 0.3) is 0 Å². The molecule has 0 aliphatic rings. The number of likely N-dealkylation sites (N-methyl/N-ethyl adjacent to an activating group) is 1. The van der Waals surface area contributed by atoms with E-state index in [1.54, 1.807) is 6.20 Å². The molecule has 0 spiro atoms. The van der Waals surface area contributed by atoms with Crippen LogP contribution in [-0.4, -0.2) is 24.6 Å². The molecule has 1 heterocycles. The molecule has 1 atom stereocenters. The fourth-order valence-electron chi connectivity index (χ4n) is 1.12. The Balaban J connectivity index is 2.41. The quantitative estimate of drug-likeness (QED) is 0.668. The molecule has 0 fully saturated rings. The molecule has 1 unspecified atom stereocenters. The summed E-state index contributed by atoms with van der Waals surface area (Å²) in [5.41, 5.74) is 6.87. The van der Waals surface area contributed by atoms with E-state index in [-0.39, 0.29) is 6.04 Å². The summed E-state index contributed by atoms with van der Waals surface area (Å²) in [6.45, 7) is 0.830. The van der Waals surface area contributed by atoms with Gasteiger partial charge in [-0.05, 0) is 19.2 Å². The molecule has 1 aromatic heterocycles. The summed E-state index contributed by atoms with van der Waals surface area (Å²) in [6, 6.07) is 6.04. The molecule has 0 aromatic carbocycles. The van der Waals surface area contributed by atoms with Crippen LogP contribution in [0.3, 0.4) is 0 Å². The van der Waals surface area contributed by atoms with Crippen molar-refractivity contribution in [2.75, 3.05) is 13.6 Å². The molecule has 0 amide bonds. The zero-order valence-electron chi connectivity index (χ0n) is 7.33. The Morgan fingerprint density at radius 3 is 3.00 bits per heavy atom. The Morgan fingerprint density at radius 2 is 2.42 bits per heavy atom. The molecule has 0 saturated carbocycles. The summed E-state index contributed by atoms with van der Waals surface area (Å²) in [5, 5.41) is 3.03. The normalized spacial score (nSPS) is 12.8. The van der Waals surface area contributed by atoms with Crippen LogP contribution in [-0.2, 0) is 6.42 Å². The van der Waals surface area contributed by atoms with E-state index in [0.29, 0.717) is 0 Å². The van der Waals surface area contributed by atoms with Gasteiger partial charge in [-0.1, -0.05) is 6.07 Å². The van der Waals surface area contributed by atoms with Crippen LogP contribution in [0.15, 0.2) is 24.4 Å². The fraction of sp³-hybridized carbons (Fsp3) is 0.444. The number of pyridine rings is 1. The lowest BCUT2D eigenvalue weighted by molar-refractivity contribution is 0.609. The molecule has 0 radical (unpaired) electrons. The van der Waals surface area contributed by atoms with Crippen molar-refractivity contribution in [2.24, 2.45) is 5.73 Å². The highest BCUT2D eigenvalue weighted by atomic mass is 14.9. The van der Waals surface area contributed by atoms with E-state index in [9.17, 15) is 0 Å². The maximum absolute atomic E-state index is 5.81. The van der Waals surface area contributed by atoms with Gasteiger partial charge in [-0.15, -0.1) is 0 Å². The van der Waals surface area contributed by atoms with E-state index in [1.807, 2.05) is 25.2 Å². The summed E-state index contributed by atoms with van der Waals surface area (Å²) in [6.07, 6.45) is 2.63. The zero-order valence-corrected chi connectivity index (χ0v) is 7.33. The highest BCUT2D eigenvalue weighted by molar-refractivity contribution is 5.05. The Labute approximate surface area is 73.0 Å². The van der Waals surface area contributed by atoms with Crippen molar-refractivity contribution >= 4 is 0 Å². The van der Waals surface area contributed by atoms with Gasteiger partial charge in [0, 0.05) is 30.9 Å². The minimum Gasteiger partial charge on any atom is -0.326 e. The number of nitrogens with two attached hydrogens (primary N) is 1. The van der Waals surface area contributed by atoms with E-state index < -0.39 is 0 Å². The predicted molar refractivity (Wildman–Crippen MR) is 49.8 cm³/mol. The number of aromatic nitrogens is 1. The standard InChI is InChI=1S/C9H15N3/c1-11-7-8(10)6-9-4-2-3-5-12-9/h2-5,8,11H,6-7,10H2,1H3. The predicted octanol–water partition coefficient (Wildman–Crippen LogP) is 0.171. The van der Waals surface area contributed by atoms with Gasteiger partial charge in [0.25, 0.3) is 0 Å². The molecule has 0 saturated heterocycles. The molecule has 66 valence electrons. The monoisotopic (exact) mass is 165 g/mol. The number of hydrogen-bond donors (Lipinski definition) is 2. The van der Waals surface area contributed by atoms with Crippen molar-refractivity contribution in [1.82, 2.24) is 10.3 Å². The van der Waals surface area contributed by atoms with Crippen LogP contribution in [0.4, 0.5) is 0 Å². The smallest absolute Gasteiger partial charge is 0.0419 e. The van der Waals surface area contributed by atoms with Crippen molar-refractivity contribution in [2.45, 2.75) is 12.5 Å². The largest absolute Gasteiger partial charge is 0.326 e. The summed E-state index contributed by atoms with van der Waals surface area (Å²) < 4.78 is 0. The maximum Gasteiger partial charge on any atom is 0.0419 e. The number of nitrogens with one attached hydrogen (secondary N) is 1. The first kappa shape index (κ1) is 9.16. The Kier molecular flexibility index (Phi) is 3.70. The molecule has 0 aliphatic carbocycles. The van der Waals surface area contributed by atoms with Crippen LogP contribution < -0.4 is 11.1 Å². The molecule has 3 nitrogen and oxygen atoms in total. The second-order valence-electron chi connectivity index (χ2n) is 2.84.